The summed E-state index contributed by atoms with van der Waals surface area (Å²) in [6, 6.07) is 8.20. The van der Waals surface area contributed by atoms with E-state index in [9.17, 15) is 5.26 Å². The fourth-order valence-electron chi connectivity index (χ4n) is 4.23. The standard InChI is InChI=1S/C20H25N4S/c1-20(2)13-24(7-8-25-20)19-10-15(5-6-22-19)17-12-23-18-4-3-14(11-21)9-16(17)18/h3-4,9,12,15,19,23H,5-8,10,13H2,1-2H3/t15?,19-/m1/s1. The Labute approximate surface area is 154 Å². The lowest BCUT2D eigenvalue weighted by atomic mass is 9.87. The number of aromatic nitrogens is 1. The summed E-state index contributed by atoms with van der Waals surface area (Å²) in [5.41, 5.74) is 3.22. The topological polar surface area (TPSA) is 56.9 Å². The summed E-state index contributed by atoms with van der Waals surface area (Å²) < 4.78 is 0.323. The van der Waals surface area contributed by atoms with Crippen molar-refractivity contribution < 1.29 is 0 Å². The summed E-state index contributed by atoms with van der Waals surface area (Å²) in [7, 11) is 0. The van der Waals surface area contributed by atoms with E-state index < -0.39 is 0 Å². The van der Waals surface area contributed by atoms with Gasteiger partial charge in [0.15, 0.2) is 0 Å². The van der Waals surface area contributed by atoms with Crippen LogP contribution >= 0.6 is 11.8 Å². The number of nitrogens with one attached hydrogen (secondary N) is 1. The molecule has 5 heteroatoms. The highest BCUT2D eigenvalue weighted by Gasteiger charge is 2.35. The highest BCUT2D eigenvalue weighted by atomic mass is 32.2. The van der Waals surface area contributed by atoms with Crippen molar-refractivity contribution in [3.63, 3.8) is 0 Å². The molecule has 131 valence electrons. The van der Waals surface area contributed by atoms with E-state index in [1.807, 2.05) is 18.2 Å². The van der Waals surface area contributed by atoms with Gasteiger partial charge >= 0.3 is 0 Å². The van der Waals surface area contributed by atoms with Gasteiger partial charge in [-0.3, -0.25) is 4.90 Å². The molecule has 2 aliphatic rings. The first kappa shape index (κ1) is 17.0. The molecule has 0 saturated carbocycles. The molecule has 2 aliphatic heterocycles. The van der Waals surface area contributed by atoms with Crippen LogP contribution in [0, 0.1) is 11.3 Å². The van der Waals surface area contributed by atoms with Crippen LogP contribution in [-0.2, 0) is 0 Å². The molecule has 0 bridgehead atoms. The fourth-order valence-corrected chi connectivity index (χ4v) is 5.37. The molecule has 4 nitrogen and oxygen atoms in total. The lowest BCUT2D eigenvalue weighted by Crippen LogP contribution is -2.53. The van der Waals surface area contributed by atoms with E-state index in [1.165, 1.54) is 16.7 Å². The molecule has 2 atom stereocenters. The quantitative estimate of drug-likeness (QED) is 0.896. The first-order chi connectivity index (χ1) is 12.1. The zero-order valence-corrected chi connectivity index (χ0v) is 15.8. The van der Waals surface area contributed by atoms with Gasteiger partial charge in [0.25, 0.3) is 0 Å². The van der Waals surface area contributed by atoms with E-state index in [1.54, 1.807) is 0 Å². The molecule has 1 N–H and O–H groups in total. The molecule has 1 aromatic heterocycles. The lowest BCUT2D eigenvalue weighted by Gasteiger charge is -2.44. The Hall–Kier alpha value is -1.48. The van der Waals surface area contributed by atoms with Crippen molar-refractivity contribution in [1.82, 2.24) is 15.2 Å². The van der Waals surface area contributed by atoms with Crippen LogP contribution in [0.25, 0.3) is 10.9 Å². The first-order valence-electron chi connectivity index (χ1n) is 9.11. The first-order valence-corrected chi connectivity index (χ1v) is 10.1. The van der Waals surface area contributed by atoms with Gasteiger partial charge in [-0.05, 0) is 56.4 Å². The summed E-state index contributed by atoms with van der Waals surface area (Å²) in [5.74, 6) is 1.71. The van der Waals surface area contributed by atoms with Crippen molar-refractivity contribution in [3.05, 3.63) is 35.5 Å². The Bertz CT molecular complexity index is 804. The number of fused-ring (bicyclic) bond motifs is 1. The maximum atomic E-state index is 9.21. The summed E-state index contributed by atoms with van der Waals surface area (Å²) in [4.78, 5) is 5.97. The molecule has 0 amide bonds. The molecule has 1 radical (unpaired) electrons. The monoisotopic (exact) mass is 353 g/mol. The molecule has 25 heavy (non-hydrogen) atoms. The Morgan fingerprint density at radius 3 is 3.08 bits per heavy atom. The van der Waals surface area contributed by atoms with Gasteiger partial charge in [0.1, 0.15) is 0 Å². The Balaban J connectivity index is 1.56. The Morgan fingerprint density at radius 2 is 2.28 bits per heavy atom. The van der Waals surface area contributed by atoms with Crippen molar-refractivity contribution in [2.75, 3.05) is 25.4 Å². The minimum Gasteiger partial charge on any atom is -0.361 e. The number of aromatic amines is 1. The molecule has 2 aromatic rings. The highest BCUT2D eigenvalue weighted by Crippen LogP contribution is 2.37. The Kier molecular flexibility index (Phi) is 4.53. The van der Waals surface area contributed by atoms with Gasteiger partial charge in [0.2, 0.25) is 0 Å². The molecular weight excluding hydrogens is 328 g/mol. The molecule has 2 fully saturated rings. The van der Waals surface area contributed by atoms with Crippen molar-refractivity contribution >= 4 is 22.7 Å². The number of piperidine rings is 1. The molecule has 1 aromatic carbocycles. The number of nitrogens with zero attached hydrogens (tertiary/aromatic N) is 3. The number of H-pyrrole nitrogens is 1. The second-order valence-corrected chi connectivity index (χ2v) is 9.61. The van der Waals surface area contributed by atoms with Gasteiger partial charge in [-0.15, -0.1) is 0 Å². The highest BCUT2D eigenvalue weighted by molar-refractivity contribution is 8.00. The number of thioether (sulfide) groups is 1. The summed E-state index contributed by atoms with van der Waals surface area (Å²) in [6.45, 7) is 7.87. The molecule has 4 rings (SSSR count). The van der Waals surface area contributed by atoms with E-state index in [2.05, 4.69) is 47.8 Å². The van der Waals surface area contributed by atoms with E-state index in [0.717, 1.165) is 43.6 Å². The van der Waals surface area contributed by atoms with Crippen molar-refractivity contribution in [2.24, 2.45) is 0 Å². The lowest BCUT2D eigenvalue weighted by molar-refractivity contribution is 0.119. The molecule has 2 saturated heterocycles. The van der Waals surface area contributed by atoms with Crippen LogP contribution in [0.1, 0.15) is 43.7 Å². The normalized spacial score (nSPS) is 27.2. The average Bonchev–Trinajstić information content (AvgIpc) is 3.04. The minimum atomic E-state index is 0.323. The number of benzene rings is 1. The number of hydrogen-bond donors (Lipinski definition) is 1. The molecule has 1 unspecified atom stereocenters. The van der Waals surface area contributed by atoms with Gasteiger partial charge in [-0.25, -0.2) is 5.32 Å². The van der Waals surface area contributed by atoms with Crippen LogP contribution < -0.4 is 5.32 Å². The van der Waals surface area contributed by atoms with E-state index in [4.69, 9.17) is 5.32 Å². The smallest absolute Gasteiger partial charge is 0.0991 e. The molecular formula is C20H25N4S. The maximum Gasteiger partial charge on any atom is 0.0991 e. The van der Waals surface area contributed by atoms with Gasteiger partial charge in [0.05, 0.1) is 17.8 Å². The summed E-state index contributed by atoms with van der Waals surface area (Å²) in [6.07, 6.45) is 4.67. The van der Waals surface area contributed by atoms with E-state index in [0.29, 0.717) is 16.8 Å². The van der Waals surface area contributed by atoms with Crippen LogP contribution in [0.2, 0.25) is 0 Å². The maximum absolute atomic E-state index is 9.21. The number of hydrogen-bond acceptors (Lipinski definition) is 3. The zero-order valence-electron chi connectivity index (χ0n) is 15.0. The third-order valence-corrected chi connectivity index (χ3v) is 6.77. The van der Waals surface area contributed by atoms with Gasteiger partial charge in [-0.2, -0.15) is 17.0 Å². The molecule has 3 heterocycles. The third-order valence-electron chi connectivity index (χ3n) is 5.47. The van der Waals surface area contributed by atoms with Crippen molar-refractivity contribution in [2.45, 2.75) is 43.5 Å². The van der Waals surface area contributed by atoms with Crippen LogP contribution in [0.5, 0.6) is 0 Å². The predicted molar refractivity (Wildman–Crippen MR) is 104 cm³/mol. The van der Waals surface area contributed by atoms with Gasteiger partial charge < -0.3 is 4.98 Å². The van der Waals surface area contributed by atoms with Gasteiger partial charge in [0, 0.05) is 47.2 Å². The van der Waals surface area contributed by atoms with Crippen LogP contribution in [-0.4, -0.2) is 46.2 Å². The summed E-state index contributed by atoms with van der Waals surface area (Å²) in [5, 5.41) is 15.4. The van der Waals surface area contributed by atoms with E-state index in [-0.39, 0.29) is 0 Å². The third kappa shape index (κ3) is 3.44. The van der Waals surface area contributed by atoms with Crippen LogP contribution in [0.15, 0.2) is 24.4 Å². The number of rotatable bonds is 2. The molecule has 0 aliphatic carbocycles. The average molecular weight is 354 g/mol. The fraction of sp³-hybridized carbons (Fsp3) is 0.550. The van der Waals surface area contributed by atoms with Crippen molar-refractivity contribution in [1.29, 1.82) is 5.26 Å². The Morgan fingerprint density at radius 1 is 1.40 bits per heavy atom. The SMILES string of the molecule is CC1(C)CN([C@@H]2CC(c3c[nH]c4ccc(C#N)cc34)CC[N]2)CCS1. The minimum absolute atomic E-state index is 0.323. The second kappa shape index (κ2) is 6.68. The van der Waals surface area contributed by atoms with Crippen molar-refractivity contribution in [3.8, 4) is 6.07 Å². The van der Waals surface area contributed by atoms with E-state index >= 15 is 0 Å². The molecule has 0 spiro atoms. The zero-order chi connectivity index (χ0) is 17.4. The van der Waals surface area contributed by atoms with Gasteiger partial charge in [-0.1, -0.05) is 0 Å². The predicted octanol–water partition coefficient (Wildman–Crippen LogP) is 3.67. The second-order valence-electron chi connectivity index (χ2n) is 7.80. The van der Waals surface area contributed by atoms with Crippen LogP contribution in [0.4, 0.5) is 0 Å². The summed E-state index contributed by atoms with van der Waals surface area (Å²) >= 11 is 2.07. The van der Waals surface area contributed by atoms with Crippen LogP contribution in [0.3, 0.4) is 0 Å². The number of nitriles is 1. The largest absolute Gasteiger partial charge is 0.361 e.